The zero-order valence-corrected chi connectivity index (χ0v) is 13.1. The lowest BCUT2D eigenvalue weighted by Gasteiger charge is -2.14. The van der Waals surface area contributed by atoms with E-state index in [-0.39, 0.29) is 5.91 Å². The first-order valence-corrected chi connectivity index (χ1v) is 8.00. The third-order valence-corrected chi connectivity index (χ3v) is 4.27. The van der Waals surface area contributed by atoms with E-state index in [0.717, 1.165) is 18.5 Å². The van der Waals surface area contributed by atoms with Crippen molar-refractivity contribution >= 4 is 5.91 Å². The molecular weight excluding hydrogens is 306 g/mol. The fourth-order valence-corrected chi connectivity index (χ4v) is 3.03. The van der Waals surface area contributed by atoms with Gasteiger partial charge in [0.15, 0.2) is 11.6 Å². The molecule has 0 N–H and O–H groups in total. The van der Waals surface area contributed by atoms with Crippen molar-refractivity contribution in [2.45, 2.75) is 12.8 Å². The summed E-state index contributed by atoms with van der Waals surface area (Å²) in [5.41, 5.74) is 0.914. The van der Waals surface area contributed by atoms with Crippen LogP contribution in [0.5, 0.6) is 0 Å². The number of aromatic nitrogens is 2. The first-order chi connectivity index (χ1) is 11.8. The largest absolute Gasteiger partial charge is 0.459 e. The minimum Gasteiger partial charge on any atom is -0.459 e. The van der Waals surface area contributed by atoms with Crippen molar-refractivity contribution in [2.75, 3.05) is 13.1 Å². The number of rotatable bonds is 4. The zero-order valence-electron chi connectivity index (χ0n) is 13.1. The molecule has 4 rings (SSSR count). The highest BCUT2D eigenvalue weighted by molar-refractivity contribution is 5.91. The van der Waals surface area contributed by atoms with E-state index in [1.165, 1.54) is 6.26 Å². The highest BCUT2D eigenvalue weighted by Gasteiger charge is 2.29. The van der Waals surface area contributed by atoms with Crippen LogP contribution in [0.2, 0.25) is 0 Å². The molecule has 6 nitrogen and oxygen atoms in total. The quantitative estimate of drug-likeness (QED) is 0.738. The van der Waals surface area contributed by atoms with Crippen LogP contribution in [0.3, 0.4) is 0 Å². The van der Waals surface area contributed by atoms with Gasteiger partial charge >= 0.3 is 0 Å². The highest BCUT2D eigenvalue weighted by atomic mass is 16.5. The topological polar surface area (TPSA) is 72.4 Å². The Hall–Kier alpha value is -2.89. The molecule has 1 aliphatic rings. The summed E-state index contributed by atoms with van der Waals surface area (Å²) < 4.78 is 10.5. The van der Waals surface area contributed by atoms with Crippen LogP contribution in [-0.2, 0) is 6.42 Å². The van der Waals surface area contributed by atoms with Crippen LogP contribution < -0.4 is 0 Å². The van der Waals surface area contributed by atoms with Gasteiger partial charge in [-0.3, -0.25) is 4.79 Å². The van der Waals surface area contributed by atoms with E-state index in [4.69, 9.17) is 8.94 Å². The van der Waals surface area contributed by atoms with E-state index < -0.39 is 0 Å². The van der Waals surface area contributed by atoms with Crippen LogP contribution in [0.25, 0.3) is 11.5 Å². The predicted molar refractivity (Wildman–Crippen MR) is 86.2 cm³/mol. The molecule has 122 valence electrons. The number of benzene rings is 1. The Bertz CT molecular complexity index is 811. The Morgan fingerprint density at radius 2 is 2.08 bits per heavy atom. The molecule has 1 saturated heterocycles. The number of carbonyl (C=O) groups excluding carboxylic acids is 1. The number of nitrogens with zero attached hydrogens (tertiary/aromatic N) is 3. The van der Waals surface area contributed by atoms with E-state index in [9.17, 15) is 4.79 Å². The van der Waals surface area contributed by atoms with Gasteiger partial charge in [-0.15, -0.1) is 0 Å². The van der Waals surface area contributed by atoms with E-state index in [2.05, 4.69) is 10.1 Å². The summed E-state index contributed by atoms with van der Waals surface area (Å²) in [4.78, 5) is 18.6. The van der Waals surface area contributed by atoms with Crippen molar-refractivity contribution in [3.05, 3.63) is 60.3 Å². The van der Waals surface area contributed by atoms with Gasteiger partial charge in [-0.05, 0) is 36.6 Å². The van der Waals surface area contributed by atoms with Gasteiger partial charge in [0, 0.05) is 25.1 Å². The average Bonchev–Trinajstić information content (AvgIpc) is 3.37. The van der Waals surface area contributed by atoms with Gasteiger partial charge in [0.1, 0.15) is 0 Å². The van der Waals surface area contributed by atoms with E-state index in [0.29, 0.717) is 36.4 Å². The van der Waals surface area contributed by atoms with Crippen molar-refractivity contribution in [2.24, 2.45) is 5.92 Å². The summed E-state index contributed by atoms with van der Waals surface area (Å²) >= 11 is 0. The van der Waals surface area contributed by atoms with Gasteiger partial charge in [0.2, 0.25) is 0 Å². The maximum absolute atomic E-state index is 12.3. The molecule has 2 aromatic heterocycles. The van der Waals surface area contributed by atoms with Gasteiger partial charge in [0.25, 0.3) is 11.8 Å². The first kappa shape index (κ1) is 14.7. The van der Waals surface area contributed by atoms with Crippen molar-refractivity contribution in [1.82, 2.24) is 15.0 Å². The monoisotopic (exact) mass is 323 g/mol. The molecule has 3 aromatic rings. The van der Waals surface area contributed by atoms with Crippen molar-refractivity contribution in [3.8, 4) is 11.5 Å². The minimum atomic E-state index is -0.0550. The van der Waals surface area contributed by atoms with E-state index >= 15 is 0 Å². The van der Waals surface area contributed by atoms with Crippen molar-refractivity contribution in [1.29, 1.82) is 0 Å². The Balaban J connectivity index is 1.39. The van der Waals surface area contributed by atoms with Gasteiger partial charge in [-0.1, -0.05) is 23.4 Å². The van der Waals surface area contributed by atoms with Crippen molar-refractivity contribution < 1.29 is 13.7 Å². The molecule has 0 saturated carbocycles. The van der Waals surface area contributed by atoms with Gasteiger partial charge < -0.3 is 13.8 Å². The van der Waals surface area contributed by atoms with Crippen LogP contribution in [0.1, 0.15) is 22.8 Å². The lowest BCUT2D eigenvalue weighted by Crippen LogP contribution is -2.28. The second-order valence-electron chi connectivity index (χ2n) is 5.97. The third kappa shape index (κ3) is 2.95. The Morgan fingerprint density at radius 3 is 2.88 bits per heavy atom. The molecule has 24 heavy (non-hydrogen) atoms. The Labute approximate surface area is 139 Å². The molecule has 0 bridgehead atoms. The first-order valence-electron chi connectivity index (χ1n) is 8.00. The van der Waals surface area contributed by atoms with E-state index in [1.807, 2.05) is 35.2 Å². The number of hydrogen-bond acceptors (Lipinski definition) is 5. The smallest absolute Gasteiger partial charge is 0.289 e. The summed E-state index contributed by atoms with van der Waals surface area (Å²) in [6, 6.07) is 13.1. The van der Waals surface area contributed by atoms with Gasteiger partial charge in [-0.2, -0.15) is 4.98 Å². The molecule has 0 radical (unpaired) electrons. The van der Waals surface area contributed by atoms with Crippen LogP contribution >= 0.6 is 0 Å². The summed E-state index contributed by atoms with van der Waals surface area (Å²) in [6.07, 6.45) is 3.16. The minimum absolute atomic E-state index is 0.0550. The second-order valence-corrected chi connectivity index (χ2v) is 5.97. The van der Waals surface area contributed by atoms with Gasteiger partial charge in [0.05, 0.1) is 6.26 Å². The molecule has 1 fully saturated rings. The van der Waals surface area contributed by atoms with Crippen LogP contribution in [0.15, 0.2) is 57.7 Å². The number of likely N-dealkylation sites (tertiary alicyclic amines) is 1. The number of amides is 1. The SMILES string of the molecule is O=C(c1ccco1)N1CCC(Cc2noc(-c3ccccc3)n2)C1. The number of furan rings is 1. The lowest BCUT2D eigenvalue weighted by molar-refractivity contribution is 0.0755. The lowest BCUT2D eigenvalue weighted by atomic mass is 10.1. The summed E-state index contributed by atoms with van der Waals surface area (Å²) in [5.74, 6) is 1.89. The fourth-order valence-electron chi connectivity index (χ4n) is 3.03. The maximum Gasteiger partial charge on any atom is 0.289 e. The molecule has 1 unspecified atom stereocenters. The van der Waals surface area contributed by atoms with Crippen LogP contribution in [0, 0.1) is 5.92 Å². The maximum atomic E-state index is 12.3. The molecule has 0 aliphatic carbocycles. The summed E-state index contributed by atoms with van der Waals surface area (Å²) in [5, 5.41) is 4.07. The highest BCUT2D eigenvalue weighted by Crippen LogP contribution is 2.23. The molecule has 3 heterocycles. The average molecular weight is 323 g/mol. The number of carbonyl (C=O) groups is 1. The number of hydrogen-bond donors (Lipinski definition) is 0. The Kier molecular flexibility index (Phi) is 3.86. The molecule has 1 atom stereocenters. The van der Waals surface area contributed by atoms with Crippen LogP contribution in [0.4, 0.5) is 0 Å². The second kappa shape index (κ2) is 6.31. The van der Waals surface area contributed by atoms with E-state index in [1.54, 1.807) is 12.1 Å². The molecule has 6 heteroatoms. The zero-order chi connectivity index (χ0) is 16.4. The summed E-state index contributed by atoms with van der Waals surface area (Å²) in [6.45, 7) is 1.42. The molecule has 0 spiro atoms. The summed E-state index contributed by atoms with van der Waals surface area (Å²) in [7, 11) is 0. The molecule has 1 aliphatic heterocycles. The Morgan fingerprint density at radius 1 is 1.21 bits per heavy atom. The van der Waals surface area contributed by atoms with Crippen molar-refractivity contribution in [3.63, 3.8) is 0 Å². The fraction of sp³-hybridized carbons (Fsp3) is 0.278. The standard InChI is InChI=1S/C18H17N3O3/c22-18(15-7-4-10-23-15)21-9-8-13(12-21)11-16-19-17(24-20-16)14-5-2-1-3-6-14/h1-7,10,13H,8-9,11-12H2. The molecule has 1 aromatic carbocycles. The normalized spacial score (nSPS) is 17.3. The molecule has 1 amide bonds. The van der Waals surface area contributed by atoms with Crippen LogP contribution in [-0.4, -0.2) is 34.0 Å². The van der Waals surface area contributed by atoms with Gasteiger partial charge in [-0.25, -0.2) is 0 Å². The predicted octanol–water partition coefficient (Wildman–Crippen LogP) is 3.03. The third-order valence-electron chi connectivity index (χ3n) is 4.27. The molecular formula is C18H17N3O3.